The quantitative estimate of drug-likeness (QED) is 0.877. The molecule has 1 aliphatic rings. The lowest BCUT2D eigenvalue weighted by atomic mass is 9.90. The van der Waals surface area contributed by atoms with Gasteiger partial charge in [-0.2, -0.15) is 0 Å². The van der Waals surface area contributed by atoms with Crippen molar-refractivity contribution < 1.29 is 9.53 Å². The van der Waals surface area contributed by atoms with Crippen LogP contribution in [0.15, 0.2) is 24.3 Å². The molecule has 0 aromatic heterocycles. The molecule has 0 spiro atoms. The number of ether oxygens (including phenoxy) is 1. The van der Waals surface area contributed by atoms with Crippen molar-refractivity contribution in [3.8, 4) is 5.75 Å². The van der Waals surface area contributed by atoms with Gasteiger partial charge in [-0.1, -0.05) is 12.1 Å². The van der Waals surface area contributed by atoms with Crippen LogP contribution in [0.25, 0.3) is 0 Å². The van der Waals surface area contributed by atoms with E-state index in [1.807, 2.05) is 45.0 Å². The van der Waals surface area contributed by atoms with E-state index >= 15 is 0 Å². The second kappa shape index (κ2) is 6.03. The Morgan fingerprint density at radius 3 is 2.48 bits per heavy atom. The van der Waals surface area contributed by atoms with Gasteiger partial charge in [-0.15, -0.1) is 0 Å². The molecule has 5 heteroatoms. The van der Waals surface area contributed by atoms with Crippen LogP contribution in [0.5, 0.6) is 5.75 Å². The lowest BCUT2D eigenvalue weighted by Gasteiger charge is -2.47. The first-order valence-electron chi connectivity index (χ1n) is 7.32. The van der Waals surface area contributed by atoms with Gasteiger partial charge in [0.05, 0.1) is 18.7 Å². The Morgan fingerprint density at radius 2 is 1.95 bits per heavy atom. The van der Waals surface area contributed by atoms with Crippen LogP contribution in [0, 0.1) is 0 Å². The molecule has 0 radical (unpaired) electrons. The summed E-state index contributed by atoms with van der Waals surface area (Å²) in [6, 6.07) is 7.83. The number of benzene rings is 1. The van der Waals surface area contributed by atoms with Crippen LogP contribution in [0.4, 0.5) is 0 Å². The van der Waals surface area contributed by atoms with Crippen LogP contribution in [-0.2, 0) is 4.79 Å². The van der Waals surface area contributed by atoms with Gasteiger partial charge in [0.1, 0.15) is 5.75 Å². The minimum atomic E-state index is -0.573. The van der Waals surface area contributed by atoms with E-state index in [-0.39, 0.29) is 18.0 Å². The molecular weight excluding hydrogens is 266 g/mol. The number of nitrogens with one attached hydrogen (secondary N) is 1. The smallest absolute Gasteiger partial charge is 0.240 e. The molecule has 2 rings (SSSR count). The van der Waals surface area contributed by atoms with Crippen molar-refractivity contribution in [3.05, 3.63) is 29.8 Å². The molecule has 0 aliphatic carbocycles. The van der Waals surface area contributed by atoms with Crippen molar-refractivity contribution in [1.29, 1.82) is 0 Å². The number of methoxy groups -OCH3 is 1. The van der Waals surface area contributed by atoms with E-state index < -0.39 is 5.54 Å². The molecule has 1 aromatic rings. The molecule has 1 saturated heterocycles. The second-order valence-corrected chi connectivity index (χ2v) is 6.09. The first-order valence-corrected chi connectivity index (χ1v) is 7.32. The Balaban J connectivity index is 2.35. The fourth-order valence-corrected chi connectivity index (χ4v) is 2.97. The van der Waals surface area contributed by atoms with Crippen LogP contribution < -0.4 is 15.8 Å². The molecule has 1 heterocycles. The number of rotatable bonds is 4. The summed E-state index contributed by atoms with van der Waals surface area (Å²) in [6.45, 7) is 7.32. The highest BCUT2D eigenvalue weighted by Gasteiger charge is 2.42. The molecule has 1 aromatic carbocycles. The predicted octanol–water partition coefficient (Wildman–Crippen LogP) is 1.29. The first kappa shape index (κ1) is 15.8. The fraction of sp³-hybridized carbons (Fsp3) is 0.562. The lowest BCUT2D eigenvalue weighted by Crippen LogP contribution is -2.64. The summed E-state index contributed by atoms with van der Waals surface area (Å²) in [5.41, 5.74) is 6.76. The van der Waals surface area contributed by atoms with Gasteiger partial charge in [0, 0.05) is 19.1 Å². The monoisotopic (exact) mass is 291 g/mol. The number of piperazine rings is 1. The molecular formula is C16H25N3O2. The average molecular weight is 291 g/mol. The van der Waals surface area contributed by atoms with Gasteiger partial charge in [0.2, 0.25) is 5.91 Å². The summed E-state index contributed by atoms with van der Waals surface area (Å²) >= 11 is 0. The third kappa shape index (κ3) is 3.04. The van der Waals surface area contributed by atoms with Crippen LogP contribution in [0.3, 0.4) is 0 Å². The lowest BCUT2D eigenvalue weighted by molar-refractivity contribution is -0.137. The maximum absolute atomic E-state index is 12.2. The number of hydrogen-bond donors (Lipinski definition) is 2. The molecule has 1 fully saturated rings. The summed E-state index contributed by atoms with van der Waals surface area (Å²) < 4.78 is 5.20. The maximum atomic E-state index is 12.2. The summed E-state index contributed by atoms with van der Waals surface area (Å²) in [5, 5.41) is 2.92. The zero-order chi connectivity index (χ0) is 15.6. The Labute approximate surface area is 126 Å². The number of carbonyl (C=O) groups excluding carboxylic acids is 1. The summed E-state index contributed by atoms with van der Waals surface area (Å²) in [5.74, 6) is 0.866. The molecule has 21 heavy (non-hydrogen) atoms. The van der Waals surface area contributed by atoms with E-state index in [2.05, 4.69) is 10.2 Å². The average Bonchev–Trinajstić information content (AvgIpc) is 2.44. The molecule has 1 amide bonds. The van der Waals surface area contributed by atoms with Crippen LogP contribution in [-0.4, -0.2) is 42.6 Å². The number of nitrogens with two attached hydrogens (primary N) is 1. The summed E-state index contributed by atoms with van der Waals surface area (Å²) in [7, 11) is 1.65. The topological polar surface area (TPSA) is 67.6 Å². The molecule has 2 atom stereocenters. The number of amides is 1. The first-order chi connectivity index (χ1) is 9.87. The van der Waals surface area contributed by atoms with Crippen molar-refractivity contribution in [2.45, 2.75) is 38.4 Å². The van der Waals surface area contributed by atoms with Crippen molar-refractivity contribution in [1.82, 2.24) is 10.2 Å². The minimum absolute atomic E-state index is 0.00282. The van der Waals surface area contributed by atoms with E-state index in [1.54, 1.807) is 7.11 Å². The van der Waals surface area contributed by atoms with E-state index in [9.17, 15) is 4.79 Å². The Bertz CT molecular complexity index is 497. The highest BCUT2D eigenvalue weighted by Crippen LogP contribution is 2.32. The van der Waals surface area contributed by atoms with Crippen molar-refractivity contribution in [3.63, 3.8) is 0 Å². The third-order valence-corrected chi connectivity index (χ3v) is 4.20. The van der Waals surface area contributed by atoms with Gasteiger partial charge in [0.15, 0.2) is 0 Å². The highest BCUT2D eigenvalue weighted by atomic mass is 16.5. The molecule has 3 N–H and O–H groups in total. The molecule has 1 aliphatic heterocycles. The van der Waals surface area contributed by atoms with Crippen LogP contribution >= 0.6 is 0 Å². The Hall–Kier alpha value is -1.59. The number of carbonyl (C=O) groups is 1. The Morgan fingerprint density at radius 1 is 1.33 bits per heavy atom. The highest BCUT2D eigenvalue weighted by molar-refractivity contribution is 5.86. The van der Waals surface area contributed by atoms with Crippen molar-refractivity contribution >= 4 is 5.91 Å². The van der Waals surface area contributed by atoms with Gasteiger partial charge in [-0.05, 0) is 38.5 Å². The standard InChI is InChI=1S/C16H25N3O2/c1-11(17)14(12-5-7-13(21-4)8-6-12)19-10-9-18-15(20)16(19,2)3/h5-8,11,14H,9-10,17H2,1-4H3,(H,18,20). The van der Waals surface area contributed by atoms with E-state index in [0.29, 0.717) is 6.54 Å². The van der Waals surface area contributed by atoms with Gasteiger partial charge in [0.25, 0.3) is 0 Å². The Kier molecular flexibility index (Phi) is 4.54. The molecule has 0 saturated carbocycles. The zero-order valence-corrected chi connectivity index (χ0v) is 13.2. The van der Waals surface area contributed by atoms with Gasteiger partial charge in [-0.3, -0.25) is 9.69 Å². The maximum Gasteiger partial charge on any atom is 0.240 e. The van der Waals surface area contributed by atoms with E-state index in [0.717, 1.165) is 17.9 Å². The second-order valence-electron chi connectivity index (χ2n) is 6.09. The number of nitrogens with zero attached hydrogens (tertiary/aromatic N) is 1. The largest absolute Gasteiger partial charge is 0.497 e. The minimum Gasteiger partial charge on any atom is -0.497 e. The van der Waals surface area contributed by atoms with Gasteiger partial charge >= 0.3 is 0 Å². The predicted molar refractivity (Wildman–Crippen MR) is 83.2 cm³/mol. The third-order valence-electron chi connectivity index (χ3n) is 4.20. The fourth-order valence-electron chi connectivity index (χ4n) is 2.97. The van der Waals surface area contributed by atoms with Crippen molar-refractivity contribution in [2.75, 3.05) is 20.2 Å². The molecule has 116 valence electrons. The van der Waals surface area contributed by atoms with Crippen LogP contribution in [0.1, 0.15) is 32.4 Å². The SMILES string of the molecule is COc1ccc(C(C(C)N)N2CCNC(=O)C2(C)C)cc1. The van der Waals surface area contributed by atoms with Gasteiger partial charge in [-0.25, -0.2) is 0 Å². The van der Waals surface area contributed by atoms with Crippen molar-refractivity contribution in [2.24, 2.45) is 5.73 Å². The molecule has 0 bridgehead atoms. The molecule has 5 nitrogen and oxygen atoms in total. The summed E-state index contributed by atoms with van der Waals surface area (Å²) in [6.07, 6.45) is 0. The zero-order valence-electron chi connectivity index (χ0n) is 13.2. The number of hydrogen-bond acceptors (Lipinski definition) is 4. The summed E-state index contributed by atoms with van der Waals surface area (Å²) in [4.78, 5) is 14.4. The van der Waals surface area contributed by atoms with E-state index in [4.69, 9.17) is 10.5 Å². The van der Waals surface area contributed by atoms with Gasteiger partial charge < -0.3 is 15.8 Å². The normalized spacial score (nSPS) is 21.5. The van der Waals surface area contributed by atoms with Crippen LogP contribution in [0.2, 0.25) is 0 Å². The van der Waals surface area contributed by atoms with E-state index in [1.165, 1.54) is 0 Å². The molecule has 2 unspecified atom stereocenters.